The van der Waals surface area contributed by atoms with Crippen LogP contribution in [0.1, 0.15) is 45.4 Å². The fraction of sp³-hybridized carbons (Fsp3) is 1.00. The first-order chi connectivity index (χ1) is 5.91. The molecule has 12 heavy (non-hydrogen) atoms. The molecule has 0 aliphatic heterocycles. The molecule has 0 aliphatic carbocycles. The minimum absolute atomic E-state index is 0.277. The van der Waals surface area contributed by atoms with Crippen LogP contribution in [-0.4, -0.2) is 0 Å². The average Bonchev–Trinajstić information content (AvgIpc) is 2.10. The van der Waals surface area contributed by atoms with Crippen LogP contribution in [0.5, 0.6) is 0 Å². The van der Waals surface area contributed by atoms with E-state index in [0.717, 1.165) is 0 Å². The summed E-state index contributed by atoms with van der Waals surface area (Å²) in [6.07, 6.45) is 9.19. The van der Waals surface area contributed by atoms with Gasteiger partial charge in [0.1, 0.15) is 0 Å². The van der Waals surface area contributed by atoms with Gasteiger partial charge in [-0.05, 0) is 0 Å². The molecule has 0 unspecified atom stereocenters. The predicted octanol–water partition coefficient (Wildman–Crippen LogP) is 3.30. The molecule has 0 saturated carbocycles. The Bertz CT molecular complexity index is 67.5. The van der Waals surface area contributed by atoms with Gasteiger partial charge in [0, 0.05) is 0 Å². The van der Waals surface area contributed by atoms with Gasteiger partial charge in [-0.15, -0.1) is 0 Å². The normalized spacial score (nSPS) is 8.33. The van der Waals surface area contributed by atoms with E-state index in [1.165, 1.54) is 19.3 Å². The third-order valence-corrected chi connectivity index (χ3v) is 173. The molecule has 0 fully saturated rings. The molecule has 0 heterocycles. The number of hydrogen-bond acceptors (Lipinski definition) is 0. The monoisotopic (exact) mass is 469 g/mol. The van der Waals surface area contributed by atoms with Crippen molar-refractivity contribution in [1.29, 1.82) is 0 Å². The average molecular weight is 469 g/mol. The zero-order valence-electron chi connectivity index (χ0n) is 8.26. The first-order valence-corrected chi connectivity index (χ1v) is 41.1. The quantitative estimate of drug-likeness (QED) is 0.456. The summed E-state index contributed by atoms with van der Waals surface area (Å²) in [5.41, 5.74) is 0. The molecule has 0 amide bonds. The van der Waals surface area contributed by atoms with Gasteiger partial charge in [-0.1, -0.05) is 0 Å². The maximum atomic E-state index is 2.31. The number of unbranched alkanes of at least 4 members (excludes halogenated alkanes) is 5. The second kappa shape index (κ2) is 15.4. The summed E-state index contributed by atoms with van der Waals surface area (Å²) in [6, 6.07) is 0. The van der Waals surface area contributed by atoms with Gasteiger partial charge in [0.25, 0.3) is 0 Å². The van der Waals surface area contributed by atoms with Crippen LogP contribution >= 0.6 is 0 Å². The van der Waals surface area contributed by atoms with Crippen molar-refractivity contribution in [2.24, 2.45) is 0 Å². The molecule has 0 aromatic heterocycles. The van der Waals surface area contributed by atoms with Crippen molar-refractivity contribution < 1.29 is 73.7 Å². The van der Waals surface area contributed by atoms with Crippen LogP contribution < -0.4 is 0 Å². The molecule has 0 spiro atoms. The molecule has 0 bridgehead atoms. The predicted molar refractivity (Wildman–Crippen MR) is 38.2 cm³/mol. The Balaban J connectivity index is 2.73. The van der Waals surface area contributed by atoms with Crippen LogP contribution in [0, 0.1) is 0 Å². The molecule has 0 nitrogen and oxygen atoms in total. The summed E-state index contributed by atoms with van der Waals surface area (Å²) >= 11 is 2.89. The van der Waals surface area contributed by atoms with Gasteiger partial charge < -0.3 is 0 Å². The fourth-order valence-electron chi connectivity index (χ4n) is 1.22. The van der Waals surface area contributed by atoms with Gasteiger partial charge >= 0.3 is 122 Å². The van der Waals surface area contributed by atoms with E-state index in [1.54, 1.807) is 42.7 Å². The van der Waals surface area contributed by atoms with E-state index in [9.17, 15) is 0 Å². The van der Waals surface area contributed by atoms with Crippen molar-refractivity contribution in [3.05, 3.63) is 0 Å². The van der Waals surface area contributed by atoms with Crippen molar-refractivity contribution in [2.45, 2.75) is 48.7 Å². The first-order valence-electron chi connectivity index (χ1n) is 5.12. The molecule has 0 radical (unpaired) electrons. The molecule has 0 N–H and O–H groups in total. The second-order valence-corrected chi connectivity index (χ2v) is 91.9. The van der Waals surface area contributed by atoms with E-state index >= 15 is 0 Å². The topological polar surface area (TPSA) is 0 Å². The molecule has 0 aliphatic rings. The number of rotatable bonds is 9. The Labute approximate surface area is 118 Å². The fourth-order valence-corrected chi connectivity index (χ4v) is 122. The van der Waals surface area contributed by atoms with Crippen molar-refractivity contribution in [3.8, 4) is 0 Å². The Hall–Kier alpha value is 4.42. The Morgan fingerprint density at radius 3 is 2.33 bits per heavy atom. The van der Waals surface area contributed by atoms with Crippen LogP contribution in [0.15, 0.2) is 0 Å². The van der Waals surface area contributed by atoms with Gasteiger partial charge in [-0.2, -0.15) is 0 Å². The molecule has 0 aromatic rings. The summed E-state index contributed by atoms with van der Waals surface area (Å²) in [5, 5.41) is 0. The van der Waals surface area contributed by atoms with Gasteiger partial charge in [-0.25, -0.2) is 0 Å². The standard InChI is InChI=1S/C8H17.4Y/c1-3-5-7-8-6-4-2;;;;/h1,3-8H2,2H3;;;;. The molecular weight excluding hydrogens is 452 g/mol. The van der Waals surface area contributed by atoms with Gasteiger partial charge in [0.2, 0.25) is 0 Å². The van der Waals surface area contributed by atoms with Crippen molar-refractivity contribution in [3.63, 3.8) is 0 Å². The van der Waals surface area contributed by atoms with Crippen LogP contribution in [-0.2, 0) is 73.7 Å². The summed E-state index contributed by atoms with van der Waals surface area (Å²) in [5.74, 6) is 0. The van der Waals surface area contributed by atoms with Crippen molar-refractivity contribution in [2.75, 3.05) is 0 Å². The van der Waals surface area contributed by atoms with Gasteiger partial charge in [-0.3, -0.25) is 0 Å². The van der Waals surface area contributed by atoms with Crippen LogP contribution in [0.25, 0.3) is 0 Å². The molecule has 0 rings (SSSR count). The van der Waals surface area contributed by atoms with E-state index in [4.69, 9.17) is 0 Å². The molecule has 0 aromatic carbocycles. The zero-order valence-corrected chi connectivity index (χ0v) is 19.6. The summed E-state index contributed by atoms with van der Waals surface area (Å²) in [7, 11) is 0. The Kier molecular flexibility index (Phi) is 21.1. The molecule has 4 heteroatoms. The van der Waals surface area contributed by atoms with Crippen LogP contribution in [0.3, 0.4) is 0 Å². The number of hydrogen-bond donors (Lipinski definition) is 0. The zero-order chi connectivity index (χ0) is 9.07. The molecular formula is C8H17Y4. The van der Waals surface area contributed by atoms with E-state index in [2.05, 4.69) is 6.92 Å². The Morgan fingerprint density at radius 2 is 1.67 bits per heavy atom. The van der Waals surface area contributed by atoms with Crippen LogP contribution in [0.2, 0.25) is 3.23 Å². The van der Waals surface area contributed by atoms with Crippen molar-refractivity contribution in [1.82, 2.24) is 0 Å². The SMILES string of the molecule is CCCCCCC[CH2][Y][Y][Y][Y]. The summed E-state index contributed by atoms with van der Waals surface area (Å²) in [4.78, 5) is 0. The Morgan fingerprint density at radius 1 is 1.00 bits per heavy atom. The molecule has 61 valence electrons. The third kappa shape index (κ3) is 14.4. The van der Waals surface area contributed by atoms with Gasteiger partial charge in [0.05, 0.1) is 0 Å². The van der Waals surface area contributed by atoms with Gasteiger partial charge in [0.15, 0.2) is 0 Å². The van der Waals surface area contributed by atoms with E-state index in [-0.39, 0.29) is 21.7 Å². The van der Waals surface area contributed by atoms with Crippen LogP contribution in [0.4, 0.5) is 0 Å². The van der Waals surface area contributed by atoms with E-state index in [1.807, 2.05) is 3.23 Å². The van der Waals surface area contributed by atoms with E-state index in [0.29, 0.717) is 28.5 Å². The first kappa shape index (κ1) is 16.4. The second-order valence-electron chi connectivity index (χ2n) is 3.18. The summed E-state index contributed by atoms with van der Waals surface area (Å²) < 4.78 is 1.81. The molecule has 0 atom stereocenters. The van der Waals surface area contributed by atoms with Crippen molar-refractivity contribution >= 4 is 0 Å². The maximum absolute atomic E-state index is 2.31. The minimum atomic E-state index is 0.277. The summed E-state index contributed by atoms with van der Waals surface area (Å²) in [6.45, 7) is 2.31. The van der Waals surface area contributed by atoms with E-state index < -0.39 is 0 Å². The molecule has 0 saturated heterocycles. The third-order valence-electron chi connectivity index (χ3n) is 1.97.